The van der Waals surface area contributed by atoms with Crippen LogP contribution in [0.2, 0.25) is 0 Å². The van der Waals surface area contributed by atoms with Crippen molar-refractivity contribution in [1.82, 2.24) is 19.6 Å². The van der Waals surface area contributed by atoms with Gasteiger partial charge in [-0.25, -0.2) is 9.48 Å². The number of oxazole rings is 1. The van der Waals surface area contributed by atoms with Crippen molar-refractivity contribution in [3.63, 3.8) is 0 Å². The van der Waals surface area contributed by atoms with Gasteiger partial charge in [0.1, 0.15) is 0 Å². The van der Waals surface area contributed by atoms with Crippen LogP contribution in [0.5, 0.6) is 0 Å². The van der Waals surface area contributed by atoms with Gasteiger partial charge >= 0.3 is 5.76 Å². The minimum absolute atomic E-state index is 0.283. The van der Waals surface area contributed by atoms with Gasteiger partial charge in [0, 0.05) is 24.7 Å². The smallest absolute Gasteiger partial charge is 0.408 e. The Bertz CT molecular complexity index is 1250. The monoisotopic (exact) mass is 375 g/mol. The second-order valence-corrected chi connectivity index (χ2v) is 6.91. The topological polar surface area (TPSA) is 95.0 Å². The summed E-state index contributed by atoms with van der Waals surface area (Å²) in [6, 6.07) is 14.8. The van der Waals surface area contributed by atoms with E-state index in [9.17, 15) is 9.59 Å². The molecule has 28 heavy (non-hydrogen) atoms. The first-order chi connectivity index (χ1) is 13.6. The van der Waals surface area contributed by atoms with Crippen molar-refractivity contribution in [2.75, 3.05) is 5.32 Å². The van der Waals surface area contributed by atoms with E-state index >= 15 is 0 Å². The summed E-state index contributed by atoms with van der Waals surface area (Å²) in [6.45, 7) is 0. The molecule has 4 aromatic rings. The Balaban J connectivity index is 1.49. The number of nitrogens with one attached hydrogen (secondary N) is 1. The molecule has 1 aliphatic carbocycles. The Hall–Kier alpha value is -3.68. The van der Waals surface area contributed by atoms with Crippen molar-refractivity contribution < 1.29 is 9.21 Å². The van der Waals surface area contributed by atoms with Gasteiger partial charge in [0.15, 0.2) is 11.3 Å². The van der Waals surface area contributed by atoms with Crippen molar-refractivity contribution in [3.05, 3.63) is 70.5 Å². The van der Waals surface area contributed by atoms with E-state index < -0.39 is 5.76 Å². The summed E-state index contributed by atoms with van der Waals surface area (Å²) < 4.78 is 8.34. The molecule has 5 rings (SSSR count). The molecule has 0 bridgehead atoms. The number of hydrogen-bond acceptors (Lipinski definition) is 5. The van der Waals surface area contributed by atoms with Crippen LogP contribution in [0.4, 0.5) is 5.69 Å². The number of amides is 1. The fourth-order valence-electron chi connectivity index (χ4n) is 3.34. The van der Waals surface area contributed by atoms with Gasteiger partial charge in [-0.1, -0.05) is 23.4 Å². The summed E-state index contributed by atoms with van der Waals surface area (Å²) in [5, 5.41) is 11.2. The van der Waals surface area contributed by atoms with E-state index in [1.807, 2.05) is 30.3 Å². The highest BCUT2D eigenvalue weighted by atomic mass is 16.4. The summed E-state index contributed by atoms with van der Waals surface area (Å²) >= 11 is 0. The number of hydrogen-bond donors (Lipinski definition) is 1. The first-order valence-corrected chi connectivity index (χ1v) is 9.04. The fraction of sp³-hybridized carbons (Fsp3) is 0.200. The van der Waals surface area contributed by atoms with Gasteiger partial charge in [0.25, 0.3) is 5.91 Å². The van der Waals surface area contributed by atoms with Gasteiger partial charge in [0.2, 0.25) is 0 Å². The Morgan fingerprint density at radius 3 is 2.71 bits per heavy atom. The lowest BCUT2D eigenvalue weighted by Crippen LogP contribution is -2.15. The van der Waals surface area contributed by atoms with Crippen LogP contribution < -0.4 is 11.1 Å². The number of para-hydroxylation sites is 1. The molecule has 8 heteroatoms. The van der Waals surface area contributed by atoms with E-state index in [2.05, 4.69) is 15.6 Å². The molecule has 1 fully saturated rings. The molecule has 1 N–H and O–H groups in total. The quantitative estimate of drug-likeness (QED) is 0.592. The lowest BCUT2D eigenvalue weighted by molar-refractivity contribution is 0.102. The highest BCUT2D eigenvalue weighted by Crippen LogP contribution is 2.42. The molecule has 0 radical (unpaired) electrons. The third kappa shape index (κ3) is 2.70. The molecule has 140 valence electrons. The van der Waals surface area contributed by atoms with Crippen molar-refractivity contribution in [2.24, 2.45) is 7.05 Å². The number of anilines is 1. The second-order valence-electron chi connectivity index (χ2n) is 6.91. The Labute approximate surface area is 159 Å². The summed E-state index contributed by atoms with van der Waals surface area (Å²) in [6.07, 6.45) is 2.03. The average Bonchev–Trinajstić information content (AvgIpc) is 3.38. The van der Waals surface area contributed by atoms with E-state index in [1.165, 1.54) is 4.57 Å². The third-order valence-corrected chi connectivity index (χ3v) is 4.94. The largest absolute Gasteiger partial charge is 0.419 e. The molecule has 2 heterocycles. The maximum atomic E-state index is 12.9. The van der Waals surface area contributed by atoms with E-state index in [0.717, 1.165) is 24.2 Å². The first kappa shape index (κ1) is 16.5. The van der Waals surface area contributed by atoms with Crippen molar-refractivity contribution in [1.29, 1.82) is 0 Å². The summed E-state index contributed by atoms with van der Waals surface area (Å²) in [5.41, 5.74) is 3.64. The zero-order valence-electron chi connectivity index (χ0n) is 15.1. The fourth-order valence-corrected chi connectivity index (χ4v) is 3.34. The van der Waals surface area contributed by atoms with Crippen molar-refractivity contribution >= 4 is 22.7 Å². The molecule has 0 saturated heterocycles. The maximum absolute atomic E-state index is 12.9. The zero-order chi connectivity index (χ0) is 19.3. The molecule has 1 aliphatic rings. The van der Waals surface area contributed by atoms with E-state index in [1.54, 1.807) is 29.9 Å². The van der Waals surface area contributed by atoms with Crippen LogP contribution >= 0.6 is 0 Å². The highest BCUT2D eigenvalue weighted by Gasteiger charge is 2.34. The Morgan fingerprint density at radius 2 is 1.96 bits per heavy atom. The molecule has 1 amide bonds. The van der Waals surface area contributed by atoms with Crippen LogP contribution in [-0.2, 0) is 7.05 Å². The van der Waals surface area contributed by atoms with Gasteiger partial charge in [-0.2, -0.15) is 0 Å². The number of nitrogens with zero attached hydrogens (tertiary/aromatic N) is 4. The number of rotatable bonds is 4. The lowest BCUT2D eigenvalue weighted by atomic mass is 10.2. The molecule has 0 unspecified atom stereocenters. The van der Waals surface area contributed by atoms with Crippen LogP contribution in [0, 0.1) is 0 Å². The summed E-state index contributed by atoms with van der Waals surface area (Å²) in [5.74, 6) is -0.493. The minimum atomic E-state index is -0.444. The normalized spacial score (nSPS) is 13.8. The Morgan fingerprint density at radius 1 is 1.18 bits per heavy atom. The lowest BCUT2D eigenvalue weighted by Gasteiger charge is -2.07. The van der Waals surface area contributed by atoms with E-state index in [4.69, 9.17) is 4.42 Å². The van der Waals surface area contributed by atoms with Crippen LogP contribution in [-0.4, -0.2) is 25.5 Å². The number of aromatic nitrogens is 4. The second kappa shape index (κ2) is 6.19. The summed E-state index contributed by atoms with van der Waals surface area (Å²) in [4.78, 5) is 24.5. The minimum Gasteiger partial charge on any atom is -0.408 e. The van der Waals surface area contributed by atoms with Crippen LogP contribution in [0.25, 0.3) is 16.8 Å². The van der Waals surface area contributed by atoms with Crippen molar-refractivity contribution in [2.45, 2.75) is 18.8 Å². The molecule has 8 nitrogen and oxygen atoms in total. The SMILES string of the molecule is Cn1c(=O)oc2cc(NC(=O)c3nnn(-c4ccccc4)c3C3CC3)ccc21. The van der Waals surface area contributed by atoms with E-state index in [0.29, 0.717) is 22.5 Å². The molecule has 2 aromatic carbocycles. The van der Waals surface area contributed by atoms with Gasteiger partial charge in [-0.05, 0) is 37.1 Å². The van der Waals surface area contributed by atoms with Crippen molar-refractivity contribution in [3.8, 4) is 5.69 Å². The molecule has 2 aromatic heterocycles. The number of carbonyl (C=O) groups is 1. The number of benzene rings is 2. The van der Waals surface area contributed by atoms with Crippen LogP contribution in [0.1, 0.15) is 34.9 Å². The summed E-state index contributed by atoms with van der Waals surface area (Å²) in [7, 11) is 1.64. The zero-order valence-corrected chi connectivity index (χ0v) is 15.1. The molecule has 0 spiro atoms. The number of aryl methyl sites for hydroxylation is 1. The van der Waals surface area contributed by atoms with Gasteiger partial charge < -0.3 is 9.73 Å². The maximum Gasteiger partial charge on any atom is 0.419 e. The standard InChI is InChI=1S/C20H17N5O3/c1-24-15-10-9-13(11-16(15)28-20(24)27)21-19(26)17-18(12-7-8-12)25(23-22-17)14-5-3-2-4-6-14/h2-6,9-12H,7-8H2,1H3,(H,21,26). The van der Waals surface area contributed by atoms with Crippen LogP contribution in [0.15, 0.2) is 57.7 Å². The van der Waals surface area contributed by atoms with E-state index in [-0.39, 0.29) is 11.8 Å². The molecule has 0 aliphatic heterocycles. The van der Waals surface area contributed by atoms with Crippen LogP contribution in [0.3, 0.4) is 0 Å². The van der Waals surface area contributed by atoms with Gasteiger partial charge in [-0.15, -0.1) is 5.10 Å². The molecule has 0 atom stereocenters. The highest BCUT2D eigenvalue weighted by molar-refractivity contribution is 6.04. The predicted octanol–water partition coefficient (Wildman–Crippen LogP) is 2.84. The van der Waals surface area contributed by atoms with Gasteiger partial charge in [0.05, 0.1) is 16.9 Å². The first-order valence-electron chi connectivity index (χ1n) is 9.04. The number of carbonyl (C=O) groups excluding carboxylic acids is 1. The molecular weight excluding hydrogens is 358 g/mol. The predicted molar refractivity (Wildman–Crippen MR) is 103 cm³/mol. The third-order valence-electron chi connectivity index (χ3n) is 4.94. The average molecular weight is 375 g/mol. The molecule has 1 saturated carbocycles. The Kier molecular flexibility index (Phi) is 3.65. The number of fused-ring (bicyclic) bond motifs is 1. The van der Waals surface area contributed by atoms with Gasteiger partial charge in [-0.3, -0.25) is 9.36 Å². The molecular formula is C20H17N5O3.